The molecule has 8 heteroatoms. The molecule has 1 aliphatic heterocycles. The zero-order chi connectivity index (χ0) is 17.5. The summed E-state index contributed by atoms with van der Waals surface area (Å²) in [6, 6.07) is 5.57. The average molecular weight is 362 g/mol. The molecule has 1 aliphatic rings. The van der Waals surface area contributed by atoms with E-state index in [1.807, 2.05) is 38.2 Å². The molecule has 1 aromatic heterocycles. The Labute approximate surface area is 151 Å². The predicted molar refractivity (Wildman–Crippen MR) is 97.7 cm³/mol. The van der Waals surface area contributed by atoms with Crippen LogP contribution >= 0.6 is 11.3 Å². The number of aryl methyl sites for hydroxylation is 1. The van der Waals surface area contributed by atoms with Crippen molar-refractivity contribution in [3.8, 4) is 17.2 Å². The van der Waals surface area contributed by atoms with Crippen molar-refractivity contribution in [1.29, 1.82) is 0 Å². The summed E-state index contributed by atoms with van der Waals surface area (Å²) < 4.78 is 16.4. The molecule has 0 aliphatic carbocycles. The standard InChI is InChI=1S/C17H22N4O3S/c1-3-18-17(21-10-16-20-9-12(2)25-16)19-6-7-22-13-4-5-14-15(8-13)24-11-23-14/h4-5,8-9H,3,6-7,10-11H2,1-2H3,(H2,18,19,21). The van der Waals surface area contributed by atoms with Gasteiger partial charge in [0.15, 0.2) is 17.5 Å². The van der Waals surface area contributed by atoms with Crippen molar-refractivity contribution >= 4 is 17.3 Å². The van der Waals surface area contributed by atoms with E-state index in [0.717, 1.165) is 34.8 Å². The minimum atomic E-state index is 0.265. The van der Waals surface area contributed by atoms with Crippen molar-refractivity contribution in [1.82, 2.24) is 15.6 Å². The lowest BCUT2D eigenvalue weighted by atomic mass is 10.3. The molecule has 0 saturated heterocycles. The highest BCUT2D eigenvalue weighted by Crippen LogP contribution is 2.34. The van der Waals surface area contributed by atoms with Gasteiger partial charge < -0.3 is 24.8 Å². The van der Waals surface area contributed by atoms with Crippen LogP contribution in [0.1, 0.15) is 16.8 Å². The molecular weight excluding hydrogens is 340 g/mol. The maximum absolute atomic E-state index is 5.73. The molecule has 2 N–H and O–H groups in total. The Hall–Kier alpha value is -2.48. The Kier molecular flexibility index (Phi) is 5.95. The number of fused-ring (bicyclic) bond motifs is 1. The lowest BCUT2D eigenvalue weighted by Gasteiger charge is -2.12. The van der Waals surface area contributed by atoms with Crippen LogP contribution in [0.2, 0.25) is 0 Å². The predicted octanol–water partition coefficient (Wildman–Crippen LogP) is 2.31. The third-order valence-electron chi connectivity index (χ3n) is 3.39. The van der Waals surface area contributed by atoms with Crippen molar-refractivity contribution < 1.29 is 14.2 Å². The van der Waals surface area contributed by atoms with Gasteiger partial charge in [0.1, 0.15) is 17.4 Å². The van der Waals surface area contributed by atoms with Crippen molar-refractivity contribution in [3.05, 3.63) is 34.3 Å². The van der Waals surface area contributed by atoms with E-state index < -0.39 is 0 Å². The highest BCUT2D eigenvalue weighted by molar-refractivity contribution is 7.11. The zero-order valence-electron chi connectivity index (χ0n) is 14.4. The lowest BCUT2D eigenvalue weighted by Crippen LogP contribution is -2.39. The molecular formula is C17H22N4O3S. The molecule has 7 nitrogen and oxygen atoms in total. The first-order chi connectivity index (χ1) is 12.2. The van der Waals surface area contributed by atoms with Gasteiger partial charge in [0, 0.05) is 23.7 Å². The molecule has 134 valence electrons. The number of guanidine groups is 1. The number of aliphatic imine (C=N–C) groups is 1. The summed E-state index contributed by atoms with van der Waals surface area (Å²) >= 11 is 1.66. The van der Waals surface area contributed by atoms with Crippen LogP contribution in [0.4, 0.5) is 0 Å². The number of rotatable bonds is 7. The monoisotopic (exact) mass is 362 g/mol. The third-order valence-corrected chi connectivity index (χ3v) is 4.29. The second kappa shape index (κ2) is 8.57. The molecule has 2 heterocycles. The van der Waals surface area contributed by atoms with E-state index in [-0.39, 0.29) is 6.79 Å². The summed E-state index contributed by atoms with van der Waals surface area (Å²) in [5.41, 5.74) is 0. The van der Waals surface area contributed by atoms with Crippen LogP contribution in [-0.4, -0.2) is 37.4 Å². The lowest BCUT2D eigenvalue weighted by molar-refractivity contribution is 0.173. The second-order valence-electron chi connectivity index (χ2n) is 5.35. The Morgan fingerprint density at radius 3 is 3.00 bits per heavy atom. The van der Waals surface area contributed by atoms with Crippen LogP contribution in [-0.2, 0) is 6.54 Å². The molecule has 0 fully saturated rings. The first-order valence-electron chi connectivity index (χ1n) is 8.20. The first kappa shape index (κ1) is 17.3. The molecule has 0 radical (unpaired) electrons. The smallest absolute Gasteiger partial charge is 0.231 e. The van der Waals surface area contributed by atoms with Gasteiger partial charge in [-0.25, -0.2) is 9.98 Å². The van der Waals surface area contributed by atoms with Gasteiger partial charge in [-0.1, -0.05) is 0 Å². The van der Waals surface area contributed by atoms with Crippen molar-refractivity contribution in [2.45, 2.75) is 20.4 Å². The van der Waals surface area contributed by atoms with Crippen molar-refractivity contribution in [2.24, 2.45) is 4.99 Å². The van der Waals surface area contributed by atoms with Gasteiger partial charge in [0.05, 0.1) is 13.1 Å². The van der Waals surface area contributed by atoms with Crippen LogP contribution in [0.15, 0.2) is 29.4 Å². The third kappa shape index (κ3) is 4.99. The van der Waals surface area contributed by atoms with Gasteiger partial charge in [-0.15, -0.1) is 11.3 Å². The number of benzene rings is 1. The molecule has 3 rings (SSSR count). The zero-order valence-corrected chi connectivity index (χ0v) is 15.2. The highest BCUT2D eigenvalue weighted by Gasteiger charge is 2.13. The number of hydrogen-bond donors (Lipinski definition) is 2. The van der Waals surface area contributed by atoms with E-state index in [9.17, 15) is 0 Å². The molecule has 0 spiro atoms. The SMILES string of the molecule is CCNC(=NCc1ncc(C)s1)NCCOc1ccc2c(c1)OCO2. The summed E-state index contributed by atoms with van der Waals surface area (Å²) in [6.45, 7) is 6.86. The fraction of sp³-hybridized carbons (Fsp3) is 0.412. The summed E-state index contributed by atoms with van der Waals surface area (Å²) in [7, 11) is 0. The number of nitrogens with zero attached hydrogens (tertiary/aromatic N) is 2. The van der Waals surface area contributed by atoms with Gasteiger partial charge in [-0.2, -0.15) is 0 Å². The first-order valence-corrected chi connectivity index (χ1v) is 9.02. The van der Waals surface area contributed by atoms with Gasteiger partial charge in [-0.3, -0.25) is 0 Å². The van der Waals surface area contributed by atoms with E-state index in [1.54, 1.807) is 11.3 Å². The number of aromatic nitrogens is 1. The topological polar surface area (TPSA) is 77.0 Å². The van der Waals surface area contributed by atoms with Gasteiger partial charge in [0.2, 0.25) is 6.79 Å². The highest BCUT2D eigenvalue weighted by atomic mass is 32.1. The molecule has 0 atom stereocenters. The fourth-order valence-corrected chi connectivity index (χ4v) is 2.98. The van der Waals surface area contributed by atoms with Gasteiger partial charge in [-0.05, 0) is 26.0 Å². The fourth-order valence-electron chi connectivity index (χ4n) is 2.27. The van der Waals surface area contributed by atoms with Crippen LogP contribution in [0.3, 0.4) is 0 Å². The largest absolute Gasteiger partial charge is 0.492 e. The molecule has 2 aromatic rings. The minimum Gasteiger partial charge on any atom is -0.492 e. The van der Waals surface area contributed by atoms with Gasteiger partial charge in [0.25, 0.3) is 0 Å². The van der Waals surface area contributed by atoms with Crippen LogP contribution in [0, 0.1) is 6.92 Å². The molecule has 0 bridgehead atoms. The maximum Gasteiger partial charge on any atom is 0.231 e. The minimum absolute atomic E-state index is 0.265. The maximum atomic E-state index is 5.73. The van der Waals surface area contributed by atoms with E-state index >= 15 is 0 Å². The Morgan fingerprint density at radius 1 is 1.32 bits per heavy atom. The molecule has 1 aromatic carbocycles. The van der Waals surface area contributed by atoms with Gasteiger partial charge >= 0.3 is 0 Å². The van der Waals surface area contributed by atoms with E-state index in [1.165, 1.54) is 4.88 Å². The van der Waals surface area contributed by atoms with E-state index in [2.05, 4.69) is 20.6 Å². The second-order valence-corrected chi connectivity index (χ2v) is 6.67. The summed E-state index contributed by atoms with van der Waals surface area (Å²) in [4.78, 5) is 10.1. The summed E-state index contributed by atoms with van der Waals surface area (Å²) in [5.74, 6) is 2.99. The van der Waals surface area contributed by atoms with E-state index in [4.69, 9.17) is 14.2 Å². The summed E-state index contributed by atoms with van der Waals surface area (Å²) in [5, 5.41) is 7.48. The number of hydrogen-bond acceptors (Lipinski definition) is 6. The molecule has 0 amide bonds. The Morgan fingerprint density at radius 2 is 2.20 bits per heavy atom. The van der Waals surface area contributed by atoms with E-state index in [0.29, 0.717) is 19.7 Å². The normalized spacial score (nSPS) is 13.0. The number of thiazole rings is 1. The molecule has 0 unspecified atom stereocenters. The Bertz CT molecular complexity index is 732. The van der Waals surface area contributed by atoms with Crippen LogP contribution in [0.25, 0.3) is 0 Å². The number of nitrogens with one attached hydrogen (secondary N) is 2. The van der Waals surface area contributed by atoms with Crippen molar-refractivity contribution in [3.63, 3.8) is 0 Å². The average Bonchev–Trinajstić information content (AvgIpc) is 3.24. The number of ether oxygens (including phenoxy) is 3. The van der Waals surface area contributed by atoms with Crippen molar-refractivity contribution in [2.75, 3.05) is 26.5 Å². The summed E-state index contributed by atoms with van der Waals surface area (Å²) in [6.07, 6.45) is 1.87. The molecule has 0 saturated carbocycles. The van der Waals surface area contributed by atoms with Crippen LogP contribution < -0.4 is 24.8 Å². The quantitative estimate of drug-likeness (QED) is 0.447. The molecule has 25 heavy (non-hydrogen) atoms. The Balaban J connectivity index is 1.45. The van der Waals surface area contributed by atoms with Crippen LogP contribution in [0.5, 0.6) is 17.2 Å².